The summed E-state index contributed by atoms with van der Waals surface area (Å²) < 4.78 is 1.80. The highest BCUT2D eigenvalue weighted by atomic mass is 15.4. The van der Waals surface area contributed by atoms with Gasteiger partial charge < -0.3 is 10.2 Å². The summed E-state index contributed by atoms with van der Waals surface area (Å²) in [6.07, 6.45) is 0. The minimum atomic E-state index is 0.810. The van der Waals surface area contributed by atoms with E-state index in [0.717, 1.165) is 43.5 Å². The second-order valence-corrected chi connectivity index (χ2v) is 4.06. The number of anilines is 1. The molecule has 0 aromatic carbocycles. The average molecular weight is 219 g/mol. The molecule has 2 aromatic rings. The number of quaternary nitrogens is 1. The maximum atomic E-state index is 4.56. The van der Waals surface area contributed by atoms with Crippen molar-refractivity contribution in [2.24, 2.45) is 0 Å². The number of hydrogen-bond acceptors (Lipinski definition) is 4. The highest BCUT2D eigenvalue weighted by molar-refractivity contribution is 5.45. The topological polar surface area (TPSA) is 62.9 Å². The number of hydrogen-bond donors (Lipinski definition) is 1. The summed E-state index contributed by atoms with van der Waals surface area (Å²) in [6, 6.07) is 4.00. The van der Waals surface area contributed by atoms with Crippen molar-refractivity contribution in [3.8, 4) is 0 Å². The van der Waals surface area contributed by atoms with Crippen LogP contribution in [0.15, 0.2) is 12.1 Å². The SMILES string of the molecule is Cc1nnc2ccc(N3CC[NH2+]CC3)nn12. The molecule has 0 unspecified atom stereocenters. The molecule has 2 N–H and O–H groups in total. The summed E-state index contributed by atoms with van der Waals surface area (Å²) in [6.45, 7) is 6.31. The molecule has 2 aromatic heterocycles. The Labute approximate surface area is 93.3 Å². The summed E-state index contributed by atoms with van der Waals surface area (Å²) in [5.41, 5.74) is 0.810. The van der Waals surface area contributed by atoms with Gasteiger partial charge in [0.2, 0.25) is 0 Å². The molecule has 1 fully saturated rings. The average Bonchev–Trinajstić information content (AvgIpc) is 2.72. The van der Waals surface area contributed by atoms with Crippen molar-refractivity contribution in [1.29, 1.82) is 0 Å². The quantitative estimate of drug-likeness (QED) is 0.655. The van der Waals surface area contributed by atoms with Crippen molar-refractivity contribution in [3.63, 3.8) is 0 Å². The molecule has 0 radical (unpaired) electrons. The lowest BCUT2D eigenvalue weighted by Crippen LogP contribution is -2.89. The van der Waals surface area contributed by atoms with E-state index in [9.17, 15) is 0 Å². The van der Waals surface area contributed by atoms with Gasteiger partial charge in [-0.15, -0.1) is 15.3 Å². The lowest BCUT2D eigenvalue weighted by molar-refractivity contribution is -0.655. The molecule has 1 aliphatic rings. The molecular weight excluding hydrogens is 204 g/mol. The van der Waals surface area contributed by atoms with Crippen LogP contribution in [0.2, 0.25) is 0 Å². The van der Waals surface area contributed by atoms with E-state index in [-0.39, 0.29) is 0 Å². The van der Waals surface area contributed by atoms with Crippen LogP contribution >= 0.6 is 0 Å². The first-order chi connectivity index (χ1) is 7.84. The molecule has 0 atom stereocenters. The second kappa shape index (κ2) is 3.71. The van der Waals surface area contributed by atoms with Gasteiger partial charge in [0, 0.05) is 0 Å². The molecule has 0 spiro atoms. The smallest absolute Gasteiger partial charge is 0.178 e. The molecule has 6 nitrogen and oxygen atoms in total. The largest absolute Gasteiger partial charge is 0.344 e. The van der Waals surface area contributed by atoms with Gasteiger partial charge in [-0.05, 0) is 19.1 Å². The minimum absolute atomic E-state index is 0.810. The van der Waals surface area contributed by atoms with Gasteiger partial charge in [-0.25, -0.2) is 0 Å². The third kappa shape index (κ3) is 1.51. The van der Waals surface area contributed by atoms with Crippen LogP contribution in [0.5, 0.6) is 0 Å². The second-order valence-electron chi connectivity index (χ2n) is 4.06. The predicted molar refractivity (Wildman–Crippen MR) is 59.4 cm³/mol. The Balaban J connectivity index is 1.99. The third-order valence-corrected chi connectivity index (χ3v) is 2.93. The van der Waals surface area contributed by atoms with Crippen LogP contribution in [0.1, 0.15) is 5.82 Å². The molecule has 6 heteroatoms. The first-order valence-corrected chi connectivity index (χ1v) is 5.60. The first kappa shape index (κ1) is 9.53. The fraction of sp³-hybridized carbons (Fsp3) is 0.500. The zero-order chi connectivity index (χ0) is 11.0. The minimum Gasteiger partial charge on any atom is -0.344 e. The molecule has 1 saturated heterocycles. The van der Waals surface area contributed by atoms with Gasteiger partial charge in [0.05, 0.1) is 26.2 Å². The number of nitrogens with zero attached hydrogens (tertiary/aromatic N) is 5. The van der Waals surface area contributed by atoms with Crippen LogP contribution in [0.3, 0.4) is 0 Å². The lowest BCUT2D eigenvalue weighted by atomic mass is 10.3. The van der Waals surface area contributed by atoms with E-state index in [1.54, 1.807) is 4.52 Å². The Hall–Kier alpha value is -1.69. The molecule has 0 amide bonds. The van der Waals surface area contributed by atoms with Gasteiger partial charge in [0.15, 0.2) is 11.5 Å². The molecule has 0 bridgehead atoms. The van der Waals surface area contributed by atoms with Gasteiger partial charge >= 0.3 is 0 Å². The Morgan fingerprint density at radius 3 is 2.81 bits per heavy atom. The number of fused-ring (bicyclic) bond motifs is 1. The summed E-state index contributed by atoms with van der Waals surface area (Å²) in [4.78, 5) is 2.30. The molecule has 3 heterocycles. The zero-order valence-electron chi connectivity index (χ0n) is 9.30. The van der Waals surface area contributed by atoms with Gasteiger partial charge in [0.25, 0.3) is 0 Å². The highest BCUT2D eigenvalue weighted by Gasteiger charge is 2.14. The normalized spacial score (nSPS) is 16.9. The summed E-state index contributed by atoms with van der Waals surface area (Å²) in [5.74, 6) is 1.85. The fourth-order valence-electron chi connectivity index (χ4n) is 2.03. The van der Waals surface area contributed by atoms with E-state index < -0.39 is 0 Å². The number of nitrogens with two attached hydrogens (primary N) is 1. The van der Waals surface area contributed by atoms with E-state index >= 15 is 0 Å². The van der Waals surface area contributed by atoms with Gasteiger partial charge in [-0.3, -0.25) is 0 Å². The fourth-order valence-corrected chi connectivity index (χ4v) is 2.03. The van der Waals surface area contributed by atoms with E-state index in [2.05, 4.69) is 25.5 Å². The zero-order valence-corrected chi connectivity index (χ0v) is 9.30. The Morgan fingerprint density at radius 2 is 2.00 bits per heavy atom. The molecule has 84 valence electrons. The number of aromatic nitrogens is 4. The van der Waals surface area contributed by atoms with Crippen LogP contribution in [0, 0.1) is 6.92 Å². The van der Waals surface area contributed by atoms with Crippen molar-refractivity contribution >= 4 is 11.5 Å². The van der Waals surface area contributed by atoms with Crippen molar-refractivity contribution in [3.05, 3.63) is 18.0 Å². The lowest BCUT2D eigenvalue weighted by Gasteiger charge is -2.25. The summed E-state index contributed by atoms with van der Waals surface area (Å²) in [5, 5.41) is 14.9. The molecule has 1 aliphatic heterocycles. The third-order valence-electron chi connectivity index (χ3n) is 2.93. The Kier molecular flexibility index (Phi) is 2.21. The van der Waals surface area contributed by atoms with Crippen LogP contribution in [0.4, 0.5) is 5.82 Å². The predicted octanol–water partition coefficient (Wildman–Crippen LogP) is -1.18. The molecule has 0 saturated carbocycles. The summed E-state index contributed by atoms with van der Waals surface area (Å²) >= 11 is 0. The number of piperazine rings is 1. The first-order valence-electron chi connectivity index (χ1n) is 5.60. The van der Waals surface area contributed by atoms with Crippen molar-refractivity contribution in [2.75, 3.05) is 31.1 Å². The van der Waals surface area contributed by atoms with E-state index in [0.29, 0.717) is 0 Å². The van der Waals surface area contributed by atoms with Gasteiger partial charge in [0.1, 0.15) is 5.82 Å². The number of aryl methyl sites for hydroxylation is 1. The van der Waals surface area contributed by atoms with Crippen molar-refractivity contribution < 1.29 is 5.32 Å². The van der Waals surface area contributed by atoms with Crippen molar-refractivity contribution in [2.45, 2.75) is 6.92 Å². The van der Waals surface area contributed by atoms with E-state index in [1.807, 2.05) is 19.1 Å². The highest BCUT2D eigenvalue weighted by Crippen LogP contribution is 2.11. The van der Waals surface area contributed by atoms with E-state index in [4.69, 9.17) is 0 Å². The molecule has 16 heavy (non-hydrogen) atoms. The van der Waals surface area contributed by atoms with E-state index in [1.165, 1.54) is 0 Å². The van der Waals surface area contributed by atoms with Crippen LogP contribution in [-0.4, -0.2) is 46.0 Å². The number of rotatable bonds is 1. The Morgan fingerprint density at radius 1 is 1.19 bits per heavy atom. The van der Waals surface area contributed by atoms with Gasteiger partial charge in [-0.1, -0.05) is 0 Å². The molecule has 3 rings (SSSR count). The van der Waals surface area contributed by atoms with Crippen LogP contribution in [-0.2, 0) is 0 Å². The van der Waals surface area contributed by atoms with Crippen LogP contribution in [0.25, 0.3) is 5.65 Å². The van der Waals surface area contributed by atoms with Crippen molar-refractivity contribution in [1.82, 2.24) is 19.8 Å². The maximum Gasteiger partial charge on any atom is 0.178 e. The standard InChI is InChI=1S/C10H14N6/c1-8-12-13-9-2-3-10(14-16(8)9)15-6-4-11-5-7-15/h2-3,11H,4-7H2,1H3/p+1. The molecule has 0 aliphatic carbocycles. The monoisotopic (exact) mass is 219 g/mol. The van der Waals surface area contributed by atoms with Gasteiger partial charge in [-0.2, -0.15) is 4.52 Å². The summed E-state index contributed by atoms with van der Waals surface area (Å²) in [7, 11) is 0. The Bertz CT molecular complexity index is 499. The molecular formula is C10H15N6+. The van der Waals surface area contributed by atoms with Crippen LogP contribution < -0.4 is 10.2 Å². The maximum absolute atomic E-state index is 4.56.